The normalized spacial score (nSPS) is 8.90. The molecule has 0 saturated carbocycles. The third-order valence-electron chi connectivity index (χ3n) is 5.63. The molecule has 6 rings (SSSR count). The van der Waals surface area contributed by atoms with Crippen molar-refractivity contribution in [1.29, 1.82) is 0 Å². The molecule has 0 fully saturated rings. The molecule has 0 aliphatic rings. The van der Waals surface area contributed by atoms with Crippen molar-refractivity contribution in [2.45, 2.75) is 0 Å². The summed E-state index contributed by atoms with van der Waals surface area (Å²) in [5, 5.41) is 55.2. The van der Waals surface area contributed by atoms with Gasteiger partial charge in [-0.1, -0.05) is 18.2 Å². The molecule has 1 radical (unpaired) electrons. The Hall–Kier alpha value is -7.63. The molecular weight excluding hydrogens is 924 g/mol. The van der Waals surface area contributed by atoms with Crippen LogP contribution in [0.4, 0.5) is 0 Å². The van der Waals surface area contributed by atoms with Crippen LogP contribution in [0.15, 0.2) is 143 Å². The quantitative estimate of drug-likeness (QED) is 0.111. The summed E-state index contributed by atoms with van der Waals surface area (Å²) in [6.45, 7) is 0. The average molecular weight is 951 g/mol. The standard InChI is InChI=1S/3C6H5NO3.3C6H5NO2.Er/c3*8-4-1-2-7-5(3-4)6(9)10;3*8-6(9)5-3-1-2-4-7-5;/h3*1-3H,(H,7,8)(H,9,10);3*1-4H,(H,8,9);/q;;;;;;+3/p-3. The zero-order chi connectivity index (χ0) is 42.8. The number of aromatic carboxylic acids is 6. The van der Waals surface area contributed by atoms with Gasteiger partial charge < -0.3 is 60.0 Å². The minimum absolute atomic E-state index is 0. The number of H-pyrrole nitrogens is 3. The van der Waals surface area contributed by atoms with E-state index in [0.717, 1.165) is 18.2 Å². The molecule has 58 heavy (non-hydrogen) atoms. The Labute approximate surface area is 353 Å². The summed E-state index contributed by atoms with van der Waals surface area (Å²) in [6.07, 6.45) is 8.12. The number of nitrogens with zero attached hydrogens (tertiary/aromatic N) is 3. The van der Waals surface area contributed by atoms with E-state index in [0.29, 0.717) is 0 Å². The van der Waals surface area contributed by atoms with Crippen LogP contribution >= 0.6 is 0 Å². The summed E-state index contributed by atoms with van der Waals surface area (Å²) in [7, 11) is 0. The van der Waals surface area contributed by atoms with E-state index < -0.39 is 35.8 Å². The van der Waals surface area contributed by atoms with E-state index in [1.54, 1.807) is 36.4 Å². The number of carbonyl (C=O) groups is 6. The molecule has 0 aromatic carbocycles. The predicted molar refractivity (Wildman–Crippen MR) is 188 cm³/mol. The van der Waals surface area contributed by atoms with E-state index in [4.69, 9.17) is 15.3 Å². The molecule has 0 saturated heterocycles. The van der Waals surface area contributed by atoms with E-state index in [1.807, 2.05) is 0 Å². The van der Waals surface area contributed by atoms with E-state index in [2.05, 4.69) is 29.9 Å². The number of carboxylic acids is 6. The van der Waals surface area contributed by atoms with Crippen LogP contribution in [0.1, 0.15) is 62.9 Å². The maximum absolute atomic E-state index is 10.5. The fourth-order valence-corrected chi connectivity index (χ4v) is 3.16. The molecule has 0 aliphatic heterocycles. The molecule has 6 N–H and O–H groups in total. The van der Waals surface area contributed by atoms with Gasteiger partial charge in [-0.3, -0.25) is 14.4 Å². The fraction of sp³-hybridized carbons (Fsp3) is 0. The number of carboxylic acid groups (broad SMARTS) is 6. The van der Waals surface area contributed by atoms with Crippen molar-refractivity contribution in [3.63, 3.8) is 0 Å². The summed E-state index contributed by atoms with van der Waals surface area (Å²) in [5.41, 5.74) is -1.41. The monoisotopic (exact) mass is 949 g/mol. The molecule has 0 spiro atoms. The Bertz CT molecular complexity index is 2140. The van der Waals surface area contributed by atoms with E-state index >= 15 is 0 Å². The van der Waals surface area contributed by atoms with Crippen LogP contribution in [0.5, 0.6) is 0 Å². The Morgan fingerprint density at radius 1 is 0.431 bits per heavy atom. The van der Waals surface area contributed by atoms with Gasteiger partial charge in [0.1, 0.15) is 17.1 Å². The number of aromatic nitrogens is 6. The van der Waals surface area contributed by atoms with Gasteiger partial charge in [-0.05, 0) is 36.4 Å². The van der Waals surface area contributed by atoms with Gasteiger partial charge in [0.15, 0.2) is 16.3 Å². The molecule has 6 heterocycles. The zero-order valence-corrected chi connectivity index (χ0v) is 30.8. The number of aromatic amines is 3. The van der Waals surface area contributed by atoms with E-state index in [9.17, 15) is 58.5 Å². The van der Waals surface area contributed by atoms with Crippen LogP contribution < -0.4 is 31.6 Å². The first kappa shape index (κ1) is 50.4. The number of carbonyl (C=O) groups excluding carboxylic acids is 3. The smallest absolute Gasteiger partial charge is 0.543 e. The Morgan fingerprint density at radius 2 is 0.672 bits per heavy atom. The van der Waals surface area contributed by atoms with Gasteiger partial charge in [0.25, 0.3) is 0 Å². The maximum atomic E-state index is 10.5. The van der Waals surface area contributed by atoms with Gasteiger partial charge in [-0.15, -0.1) is 0 Å². The van der Waals surface area contributed by atoms with Crippen molar-refractivity contribution in [3.05, 3.63) is 193 Å². The number of hydrogen-bond donors (Lipinski definition) is 6. The second-order valence-corrected chi connectivity index (χ2v) is 9.74. The molecule has 0 unspecified atom stereocenters. The Morgan fingerprint density at radius 3 is 0.793 bits per heavy atom. The molecular formula is C36H27ErN6O15. The molecule has 22 heteroatoms. The van der Waals surface area contributed by atoms with Crippen LogP contribution in [-0.4, -0.2) is 81.0 Å². The second kappa shape index (κ2) is 27.9. The third kappa shape index (κ3) is 21.9. The summed E-state index contributed by atoms with van der Waals surface area (Å²) < 4.78 is 0. The summed E-state index contributed by atoms with van der Waals surface area (Å²) in [5.74, 6) is -7.10. The third-order valence-corrected chi connectivity index (χ3v) is 5.63. The zero-order valence-electron chi connectivity index (χ0n) is 29.0. The van der Waals surface area contributed by atoms with Crippen LogP contribution in [-0.2, 0) is 0 Å². The van der Waals surface area contributed by atoms with Crippen molar-refractivity contribution >= 4 is 35.8 Å². The van der Waals surface area contributed by atoms with Crippen LogP contribution in [0.3, 0.4) is 0 Å². The fourth-order valence-electron chi connectivity index (χ4n) is 3.16. The van der Waals surface area contributed by atoms with Gasteiger partial charge in [0.05, 0.1) is 35.0 Å². The molecule has 0 atom stereocenters. The van der Waals surface area contributed by atoms with Crippen molar-refractivity contribution < 1.29 is 96.7 Å². The van der Waals surface area contributed by atoms with E-state index in [1.165, 1.54) is 73.6 Å². The summed E-state index contributed by atoms with van der Waals surface area (Å²) >= 11 is 0. The molecule has 303 valence electrons. The van der Waals surface area contributed by atoms with Crippen LogP contribution in [0.2, 0.25) is 0 Å². The topological polar surface area (TPSA) is 370 Å². The average Bonchev–Trinajstić information content (AvgIpc) is 3.20. The van der Waals surface area contributed by atoms with Crippen molar-refractivity contribution in [2.75, 3.05) is 0 Å². The van der Waals surface area contributed by atoms with Crippen molar-refractivity contribution in [1.82, 2.24) is 29.9 Å². The van der Waals surface area contributed by atoms with Crippen LogP contribution in [0, 0.1) is 37.3 Å². The molecule has 0 amide bonds. The van der Waals surface area contributed by atoms with Gasteiger partial charge in [0.2, 0.25) is 0 Å². The van der Waals surface area contributed by atoms with Gasteiger partial charge >= 0.3 is 55.2 Å². The Balaban J connectivity index is 0.000000670. The van der Waals surface area contributed by atoms with Gasteiger partial charge in [-0.25, -0.2) is 29.3 Å². The number of pyridine rings is 6. The summed E-state index contributed by atoms with van der Waals surface area (Å²) in [6, 6.07) is 20.9. The van der Waals surface area contributed by atoms with Crippen molar-refractivity contribution in [3.8, 4) is 0 Å². The predicted octanol–water partition coefficient (Wildman–Crippen LogP) is -1.45. The SMILES string of the molecule is O=C(O)c1ccccn1.O=C(O)c1ccccn1.O=C(O)c1ccccn1.O=C([O-])c1cc(=O)cc[nH]1.O=C([O-])c1cc(=O)cc[nH]1.O=C([O-])c1cc(=O)cc[nH]1.[Er+3]. The first-order chi connectivity index (χ1) is 27.0. The second-order valence-electron chi connectivity index (χ2n) is 9.74. The molecule has 6 aromatic rings. The van der Waals surface area contributed by atoms with Crippen molar-refractivity contribution in [2.24, 2.45) is 0 Å². The first-order valence-corrected chi connectivity index (χ1v) is 15.1. The molecule has 0 bridgehead atoms. The van der Waals surface area contributed by atoms with Gasteiger partial charge in [-0.2, -0.15) is 0 Å². The molecule has 0 aliphatic carbocycles. The minimum atomic E-state index is -1.38. The first-order valence-electron chi connectivity index (χ1n) is 15.1. The molecule has 6 aromatic heterocycles. The van der Waals surface area contributed by atoms with Gasteiger partial charge in [0, 0.05) is 73.6 Å². The van der Waals surface area contributed by atoms with E-state index in [-0.39, 0.29) is 87.8 Å². The number of rotatable bonds is 6. The largest absolute Gasteiger partial charge is 3.00 e. The minimum Gasteiger partial charge on any atom is -0.543 e. The maximum Gasteiger partial charge on any atom is 3.00 e. The molecule has 21 nitrogen and oxygen atoms in total. The number of nitrogens with one attached hydrogen (secondary N) is 3. The van der Waals surface area contributed by atoms with Crippen LogP contribution in [0.25, 0.3) is 0 Å². The Kier molecular flexibility index (Phi) is 24.2. The summed E-state index contributed by atoms with van der Waals surface area (Å²) in [4.78, 5) is 110. The number of hydrogen-bond acceptors (Lipinski definition) is 15.